The molecule has 18 heavy (non-hydrogen) atoms. The van der Waals surface area contributed by atoms with Gasteiger partial charge in [0, 0.05) is 5.02 Å². The molecule has 0 heterocycles. The Labute approximate surface area is 109 Å². The van der Waals surface area contributed by atoms with Crippen LogP contribution in [0.5, 0.6) is 0 Å². The quantitative estimate of drug-likeness (QED) is 0.887. The number of rotatable bonds is 4. The van der Waals surface area contributed by atoms with E-state index in [1.807, 2.05) is 6.92 Å². The molecule has 0 saturated carbocycles. The SMILES string of the molecule is CCC[C@H](O)[C@H](N)c1cc(C(F)(F)F)ccc1Cl. The smallest absolute Gasteiger partial charge is 0.391 e. The molecule has 1 aromatic rings. The molecule has 0 saturated heterocycles. The van der Waals surface area contributed by atoms with E-state index in [0.29, 0.717) is 12.8 Å². The van der Waals surface area contributed by atoms with Crippen LogP contribution in [0.4, 0.5) is 13.2 Å². The van der Waals surface area contributed by atoms with Gasteiger partial charge in [0.15, 0.2) is 0 Å². The first-order valence-corrected chi connectivity index (χ1v) is 5.95. The Balaban J connectivity index is 3.08. The lowest BCUT2D eigenvalue weighted by molar-refractivity contribution is -0.137. The molecule has 1 rings (SSSR count). The van der Waals surface area contributed by atoms with Crippen molar-refractivity contribution in [3.63, 3.8) is 0 Å². The monoisotopic (exact) mass is 281 g/mol. The molecule has 1 aromatic carbocycles. The van der Waals surface area contributed by atoms with Crippen molar-refractivity contribution >= 4 is 11.6 Å². The van der Waals surface area contributed by atoms with E-state index >= 15 is 0 Å². The van der Waals surface area contributed by atoms with Crippen molar-refractivity contribution < 1.29 is 18.3 Å². The molecule has 0 aromatic heterocycles. The number of halogens is 4. The van der Waals surface area contributed by atoms with Crippen LogP contribution >= 0.6 is 11.6 Å². The third-order valence-electron chi connectivity index (χ3n) is 2.68. The Morgan fingerprint density at radius 3 is 2.50 bits per heavy atom. The summed E-state index contributed by atoms with van der Waals surface area (Å²) in [4.78, 5) is 0. The van der Waals surface area contributed by atoms with Crippen molar-refractivity contribution in [2.45, 2.75) is 38.1 Å². The van der Waals surface area contributed by atoms with E-state index in [4.69, 9.17) is 17.3 Å². The summed E-state index contributed by atoms with van der Waals surface area (Å²) in [6, 6.07) is 2.02. The molecule has 0 bridgehead atoms. The first-order valence-electron chi connectivity index (χ1n) is 5.57. The number of hydrogen-bond acceptors (Lipinski definition) is 2. The Morgan fingerprint density at radius 1 is 1.39 bits per heavy atom. The highest BCUT2D eigenvalue weighted by Gasteiger charge is 2.32. The lowest BCUT2D eigenvalue weighted by atomic mass is 9.97. The topological polar surface area (TPSA) is 46.2 Å². The first kappa shape index (κ1) is 15.3. The maximum atomic E-state index is 12.6. The van der Waals surface area contributed by atoms with E-state index in [2.05, 4.69) is 0 Å². The molecule has 3 N–H and O–H groups in total. The average molecular weight is 282 g/mol. The van der Waals surface area contributed by atoms with Crippen LogP contribution in [-0.2, 0) is 6.18 Å². The van der Waals surface area contributed by atoms with E-state index in [1.54, 1.807) is 0 Å². The highest BCUT2D eigenvalue weighted by atomic mass is 35.5. The maximum Gasteiger partial charge on any atom is 0.416 e. The zero-order valence-electron chi connectivity index (χ0n) is 9.84. The lowest BCUT2D eigenvalue weighted by Gasteiger charge is -2.21. The Hall–Kier alpha value is -0.780. The van der Waals surface area contributed by atoms with Crippen molar-refractivity contribution in [3.8, 4) is 0 Å². The van der Waals surface area contributed by atoms with Crippen LogP contribution < -0.4 is 5.73 Å². The molecule has 0 fully saturated rings. The first-order chi connectivity index (χ1) is 8.27. The lowest BCUT2D eigenvalue weighted by Crippen LogP contribution is -2.26. The summed E-state index contributed by atoms with van der Waals surface area (Å²) >= 11 is 5.83. The molecule has 0 spiro atoms. The molecule has 6 heteroatoms. The van der Waals surface area contributed by atoms with E-state index in [1.165, 1.54) is 0 Å². The minimum atomic E-state index is -4.45. The summed E-state index contributed by atoms with van der Waals surface area (Å²) in [5, 5.41) is 9.85. The van der Waals surface area contributed by atoms with Crippen LogP contribution in [0, 0.1) is 0 Å². The van der Waals surface area contributed by atoms with Crippen LogP contribution in [0.25, 0.3) is 0 Å². The average Bonchev–Trinajstić information content (AvgIpc) is 2.27. The molecular formula is C12H15ClF3NO. The predicted octanol–water partition coefficient (Wildman–Crippen LogP) is 3.52. The second-order valence-corrected chi connectivity index (χ2v) is 4.52. The summed E-state index contributed by atoms with van der Waals surface area (Å²) in [7, 11) is 0. The summed E-state index contributed by atoms with van der Waals surface area (Å²) in [5.41, 5.74) is 5.04. The number of hydrogen-bond donors (Lipinski definition) is 2. The normalized spacial score (nSPS) is 15.5. The zero-order chi connectivity index (χ0) is 13.9. The molecule has 0 amide bonds. The van der Waals surface area contributed by atoms with Crippen molar-refractivity contribution in [3.05, 3.63) is 34.3 Å². The summed E-state index contributed by atoms with van der Waals surface area (Å²) < 4.78 is 37.7. The number of nitrogens with two attached hydrogens (primary N) is 1. The van der Waals surface area contributed by atoms with Gasteiger partial charge in [-0.15, -0.1) is 0 Å². The van der Waals surface area contributed by atoms with Gasteiger partial charge < -0.3 is 10.8 Å². The van der Waals surface area contributed by atoms with Gasteiger partial charge >= 0.3 is 6.18 Å². The highest BCUT2D eigenvalue weighted by Crippen LogP contribution is 2.34. The van der Waals surface area contributed by atoms with Crippen molar-refractivity contribution in [1.82, 2.24) is 0 Å². The number of aliphatic hydroxyl groups excluding tert-OH is 1. The molecule has 0 radical (unpaired) electrons. The van der Waals surface area contributed by atoms with Crippen LogP contribution in [-0.4, -0.2) is 11.2 Å². The Kier molecular flexibility index (Phi) is 5.01. The Bertz CT molecular complexity index is 409. The van der Waals surface area contributed by atoms with E-state index in [-0.39, 0.29) is 10.6 Å². The molecule has 0 aliphatic heterocycles. The van der Waals surface area contributed by atoms with Gasteiger partial charge in [-0.2, -0.15) is 13.2 Å². The highest BCUT2D eigenvalue weighted by molar-refractivity contribution is 6.31. The van der Waals surface area contributed by atoms with Crippen LogP contribution in [0.1, 0.15) is 36.9 Å². The van der Waals surface area contributed by atoms with Gasteiger partial charge in [-0.25, -0.2) is 0 Å². The van der Waals surface area contributed by atoms with E-state index in [9.17, 15) is 18.3 Å². The third-order valence-corrected chi connectivity index (χ3v) is 3.03. The van der Waals surface area contributed by atoms with Gasteiger partial charge in [-0.05, 0) is 30.2 Å². The zero-order valence-corrected chi connectivity index (χ0v) is 10.6. The summed E-state index contributed by atoms with van der Waals surface area (Å²) in [5.74, 6) is 0. The third kappa shape index (κ3) is 3.60. The van der Waals surface area contributed by atoms with Gasteiger partial charge in [0.1, 0.15) is 0 Å². The van der Waals surface area contributed by atoms with Gasteiger partial charge in [0.05, 0.1) is 17.7 Å². The summed E-state index contributed by atoms with van der Waals surface area (Å²) in [6.07, 6.45) is -4.26. The summed E-state index contributed by atoms with van der Waals surface area (Å²) in [6.45, 7) is 1.85. The fourth-order valence-corrected chi connectivity index (χ4v) is 1.90. The van der Waals surface area contributed by atoms with Gasteiger partial charge in [0.25, 0.3) is 0 Å². The van der Waals surface area contributed by atoms with Gasteiger partial charge in [-0.3, -0.25) is 0 Å². The maximum absolute atomic E-state index is 12.6. The standard InChI is InChI=1S/C12H15ClF3NO/c1-2-3-10(18)11(17)8-6-7(12(14,15)16)4-5-9(8)13/h4-6,10-11,18H,2-3,17H2,1H3/t10-,11+/m0/s1. The van der Waals surface area contributed by atoms with Gasteiger partial charge in [-0.1, -0.05) is 24.9 Å². The van der Waals surface area contributed by atoms with Crippen LogP contribution in [0.15, 0.2) is 18.2 Å². The van der Waals surface area contributed by atoms with Crippen LogP contribution in [0.2, 0.25) is 5.02 Å². The molecule has 2 nitrogen and oxygen atoms in total. The number of aliphatic hydroxyl groups is 1. The van der Waals surface area contributed by atoms with E-state index < -0.39 is 23.9 Å². The minimum Gasteiger partial charge on any atom is -0.391 e. The molecule has 2 atom stereocenters. The second-order valence-electron chi connectivity index (χ2n) is 4.12. The molecule has 102 valence electrons. The predicted molar refractivity (Wildman–Crippen MR) is 64.3 cm³/mol. The number of benzene rings is 1. The second kappa shape index (κ2) is 5.91. The molecular weight excluding hydrogens is 267 g/mol. The minimum absolute atomic E-state index is 0.118. The number of alkyl halides is 3. The fraction of sp³-hybridized carbons (Fsp3) is 0.500. The van der Waals surface area contributed by atoms with E-state index in [0.717, 1.165) is 18.2 Å². The largest absolute Gasteiger partial charge is 0.416 e. The fourth-order valence-electron chi connectivity index (χ4n) is 1.66. The van der Waals surface area contributed by atoms with Crippen molar-refractivity contribution in [2.24, 2.45) is 5.73 Å². The Morgan fingerprint density at radius 2 is 2.00 bits per heavy atom. The molecule has 0 aliphatic rings. The molecule has 0 aliphatic carbocycles. The molecule has 0 unspecified atom stereocenters. The van der Waals surface area contributed by atoms with Crippen LogP contribution in [0.3, 0.4) is 0 Å². The van der Waals surface area contributed by atoms with Gasteiger partial charge in [0.2, 0.25) is 0 Å². The van der Waals surface area contributed by atoms with Crippen molar-refractivity contribution in [2.75, 3.05) is 0 Å². The van der Waals surface area contributed by atoms with Crippen molar-refractivity contribution in [1.29, 1.82) is 0 Å².